The molecule has 0 unspecified atom stereocenters. The Kier molecular flexibility index (Phi) is 6.18. The van der Waals surface area contributed by atoms with E-state index in [-0.39, 0.29) is 34.0 Å². The van der Waals surface area contributed by atoms with Crippen LogP contribution in [0.5, 0.6) is 5.75 Å². The molecule has 9 nitrogen and oxygen atoms in total. The molecule has 0 saturated carbocycles. The Morgan fingerprint density at radius 1 is 1.18 bits per heavy atom. The smallest absolute Gasteiger partial charge is 0.340 e. The Bertz CT molecular complexity index is 1340. The molecule has 0 fully saturated rings. The molecular formula is C25H23N3O6. The summed E-state index contributed by atoms with van der Waals surface area (Å²) in [6.07, 6.45) is 0.630. The zero-order valence-corrected chi connectivity index (χ0v) is 18.7. The van der Waals surface area contributed by atoms with Crippen LogP contribution in [-0.4, -0.2) is 22.6 Å². The molecule has 1 aliphatic heterocycles. The average Bonchev–Trinajstić information content (AvgIpc) is 2.83. The van der Waals surface area contributed by atoms with E-state index in [1.54, 1.807) is 17.6 Å². The molecule has 1 aliphatic rings. The largest absolute Gasteiger partial charge is 0.465 e. The van der Waals surface area contributed by atoms with E-state index in [9.17, 15) is 19.7 Å². The van der Waals surface area contributed by atoms with Gasteiger partial charge in [0.2, 0.25) is 5.88 Å². The average molecular weight is 461 g/mol. The molecule has 3 aromatic rings. The number of aryl methyl sites for hydroxylation is 2. The van der Waals surface area contributed by atoms with Crippen LogP contribution in [0.2, 0.25) is 0 Å². The number of fused-ring (bicyclic) bond motifs is 1. The van der Waals surface area contributed by atoms with Gasteiger partial charge in [-0.15, -0.1) is 0 Å². The van der Waals surface area contributed by atoms with Crippen molar-refractivity contribution in [3.05, 3.63) is 115 Å². The van der Waals surface area contributed by atoms with E-state index >= 15 is 0 Å². The number of carbonyl (C=O) groups excluding carboxylic acids is 1. The molecule has 174 valence electrons. The maximum atomic E-state index is 13.7. The number of nitro groups is 1. The monoisotopic (exact) mass is 461 g/mol. The number of aromatic nitrogens is 1. The van der Waals surface area contributed by atoms with Crippen molar-refractivity contribution in [1.29, 1.82) is 0 Å². The van der Waals surface area contributed by atoms with Crippen LogP contribution >= 0.6 is 0 Å². The second-order valence-corrected chi connectivity index (χ2v) is 7.91. The molecule has 34 heavy (non-hydrogen) atoms. The summed E-state index contributed by atoms with van der Waals surface area (Å²) in [4.78, 5) is 37.0. The first-order chi connectivity index (χ1) is 16.3. The topological polar surface area (TPSA) is 127 Å². The summed E-state index contributed by atoms with van der Waals surface area (Å²) < 4.78 is 12.2. The first-order valence-electron chi connectivity index (χ1n) is 10.6. The van der Waals surface area contributed by atoms with E-state index in [1.807, 2.05) is 30.3 Å². The maximum absolute atomic E-state index is 13.7. The minimum Gasteiger partial charge on any atom is -0.465 e. The molecular weight excluding hydrogens is 438 g/mol. The number of benzene rings is 2. The summed E-state index contributed by atoms with van der Waals surface area (Å²) in [7, 11) is 1.21. The van der Waals surface area contributed by atoms with Crippen molar-refractivity contribution in [1.82, 2.24) is 4.57 Å². The second kappa shape index (κ2) is 9.22. The Labute approximate surface area is 195 Å². The van der Waals surface area contributed by atoms with Crippen molar-refractivity contribution in [2.75, 3.05) is 7.11 Å². The number of carbonyl (C=O) groups is 1. The van der Waals surface area contributed by atoms with E-state index in [0.29, 0.717) is 24.2 Å². The van der Waals surface area contributed by atoms with Crippen molar-refractivity contribution < 1.29 is 19.2 Å². The van der Waals surface area contributed by atoms with Crippen LogP contribution in [0.4, 0.5) is 5.69 Å². The summed E-state index contributed by atoms with van der Waals surface area (Å²) in [6, 6.07) is 17.1. The second-order valence-electron chi connectivity index (χ2n) is 7.91. The zero-order chi connectivity index (χ0) is 24.4. The summed E-state index contributed by atoms with van der Waals surface area (Å²) in [6.45, 7) is 2.22. The van der Waals surface area contributed by atoms with Crippen molar-refractivity contribution in [2.45, 2.75) is 25.8 Å². The molecule has 0 bridgehead atoms. The van der Waals surface area contributed by atoms with Gasteiger partial charge >= 0.3 is 5.97 Å². The molecule has 4 rings (SSSR count). The van der Waals surface area contributed by atoms with Crippen LogP contribution in [0.1, 0.15) is 28.3 Å². The first-order valence-corrected chi connectivity index (χ1v) is 10.6. The van der Waals surface area contributed by atoms with Gasteiger partial charge in [-0.05, 0) is 24.5 Å². The van der Waals surface area contributed by atoms with E-state index in [1.165, 1.54) is 31.4 Å². The van der Waals surface area contributed by atoms with Gasteiger partial charge in [0.25, 0.3) is 11.2 Å². The molecule has 2 N–H and O–H groups in total. The van der Waals surface area contributed by atoms with Crippen LogP contribution in [0.3, 0.4) is 0 Å². The summed E-state index contributed by atoms with van der Waals surface area (Å²) in [5.74, 6) is -1.59. The molecule has 0 aliphatic carbocycles. The number of ether oxygens (including phenoxy) is 2. The van der Waals surface area contributed by atoms with Crippen LogP contribution in [-0.2, 0) is 22.5 Å². The molecule has 0 radical (unpaired) electrons. The van der Waals surface area contributed by atoms with Gasteiger partial charge in [-0.3, -0.25) is 14.9 Å². The molecule has 9 heteroatoms. The maximum Gasteiger partial charge on any atom is 0.340 e. The predicted octanol–water partition coefficient (Wildman–Crippen LogP) is 3.18. The third-order valence-corrected chi connectivity index (χ3v) is 5.88. The highest BCUT2D eigenvalue weighted by Crippen LogP contribution is 2.41. The SMILES string of the molecule is COC(=O)C1=C(N)Oc2cc(C)n(CCc3ccccc3)c(=O)c2[C@H]1c1ccc([N+](=O)[O-])cc1. The van der Waals surface area contributed by atoms with Gasteiger partial charge in [0.05, 0.1) is 23.5 Å². The highest BCUT2D eigenvalue weighted by molar-refractivity contribution is 5.92. The van der Waals surface area contributed by atoms with E-state index in [2.05, 4.69) is 0 Å². The zero-order valence-electron chi connectivity index (χ0n) is 18.7. The number of esters is 1. The van der Waals surface area contributed by atoms with Gasteiger partial charge in [0.15, 0.2) is 0 Å². The van der Waals surface area contributed by atoms with E-state index in [4.69, 9.17) is 15.2 Å². The number of nitrogens with two attached hydrogens (primary N) is 1. The third-order valence-electron chi connectivity index (χ3n) is 5.88. The van der Waals surface area contributed by atoms with E-state index < -0.39 is 16.8 Å². The molecule has 1 aromatic heterocycles. The lowest BCUT2D eigenvalue weighted by molar-refractivity contribution is -0.384. The first kappa shape index (κ1) is 22.8. The fraction of sp³-hybridized carbons (Fsp3) is 0.200. The number of hydrogen-bond acceptors (Lipinski definition) is 7. The highest BCUT2D eigenvalue weighted by Gasteiger charge is 2.38. The number of hydrogen-bond donors (Lipinski definition) is 1. The molecule has 2 aromatic carbocycles. The van der Waals surface area contributed by atoms with Gasteiger partial charge in [-0.2, -0.15) is 0 Å². The van der Waals surface area contributed by atoms with Crippen molar-refractivity contribution in [2.24, 2.45) is 5.73 Å². The van der Waals surface area contributed by atoms with Gasteiger partial charge in [0, 0.05) is 30.4 Å². The van der Waals surface area contributed by atoms with Gasteiger partial charge in [0.1, 0.15) is 11.3 Å². The molecule has 2 heterocycles. The lowest BCUT2D eigenvalue weighted by atomic mass is 9.83. The molecule has 0 amide bonds. The van der Waals surface area contributed by atoms with Crippen LogP contribution in [0.15, 0.2) is 76.9 Å². The minimum absolute atomic E-state index is 0.0283. The normalized spacial score (nSPS) is 14.8. The number of non-ortho nitro benzene ring substituents is 1. The van der Waals surface area contributed by atoms with Crippen molar-refractivity contribution in [3.8, 4) is 5.75 Å². The standard InChI is InChI=1S/C25H23N3O6/c1-15-14-19-21(24(29)27(15)13-12-16-6-4-3-5-7-16)20(22(23(26)34-19)25(30)33-2)17-8-10-18(11-9-17)28(31)32/h3-11,14,20H,12-13,26H2,1-2H3/t20-/m1/s1. The Morgan fingerprint density at radius 2 is 1.85 bits per heavy atom. The van der Waals surface area contributed by atoms with Gasteiger partial charge in [-0.1, -0.05) is 42.5 Å². The Balaban J connectivity index is 1.86. The quantitative estimate of drug-likeness (QED) is 0.339. The minimum atomic E-state index is -0.909. The van der Waals surface area contributed by atoms with Crippen LogP contribution < -0.4 is 16.0 Å². The van der Waals surface area contributed by atoms with Gasteiger partial charge < -0.3 is 19.8 Å². The summed E-state index contributed by atoms with van der Waals surface area (Å²) in [5.41, 5.74) is 8.08. The fourth-order valence-corrected chi connectivity index (χ4v) is 4.18. The van der Waals surface area contributed by atoms with E-state index in [0.717, 1.165) is 5.56 Å². The fourth-order valence-electron chi connectivity index (χ4n) is 4.18. The van der Waals surface area contributed by atoms with Crippen LogP contribution in [0, 0.1) is 17.0 Å². The van der Waals surface area contributed by atoms with Crippen molar-refractivity contribution >= 4 is 11.7 Å². The summed E-state index contributed by atoms with van der Waals surface area (Å²) in [5, 5.41) is 11.1. The summed E-state index contributed by atoms with van der Waals surface area (Å²) >= 11 is 0. The van der Waals surface area contributed by atoms with Crippen LogP contribution in [0.25, 0.3) is 0 Å². The number of pyridine rings is 1. The number of methoxy groups -OCH3 is 1. The van der Waals surface area contributed by atoms with Crippen molar-refractivity contribution in [3.63, 3.8) is 0 Å². The lowest BCUT2D eigenvalue weighted by Crippen LogP contribution is -2.35. The highest BCUT2D eigenvalue weighted by atomic mass is 16.6. The molecule has 0 spiro atoms. The third kappa shape index (κ3) is 4.15. The molecule has 0 saturated heterocycles. The van der Waals surface area contributed by atoms with Gasteiger partial charge in [-0.25, -0.2) is 4.79 Å². The Morgan fingerprint density at radius 3 is 2.47 bits per heavy atom. The number of nitro benzene ring substituents is 1. The predicted molar refractivity (Wildman–Crippen MR) is 124 cm³/mol. The molecule has 1 atom stereocenters. The lowest BCUT2D eigenvalue weighted by Gasteiger charge is -2.29. The number of rotatable bonds is 6. The number of nitrogens with zero attached hydrogens (tertiary/aromatic N) is 2. The Hall–Kier alpha value is -4.40.